The monoisotopic (exact) mass is 181 g/mol. The molecule has 0 aromatic heterocycles. The van der Waals surface area contributed by atoms with Crippen LogP contribution >= 0.6 is 35.6 Å². The van der Waals surface area contributed by atoms with Crippen LogP contribution in [-0.4, -0.2) is 24.8 Å². The molecule has 4 heteroatoms. The molecule has 0 saturated heterocycles. The highest BCUT2D eigenvalue weighted by atomic mass is 35.5. The molecule has 0 aliphatic heterocycles. The van der Waals surface area contributed by atoms with Crippen molar-refractivity contribution in [3.8, 4) is 0 Å². The van der Waals surface area contributed by atoms with Crippen molar-refractivity contribution in [2.24, 2.45) is 0 Å². The Bertz CT molecular complexity index is 30.5. The lowest BCUT2D eigenvalue weighted by Crippen LogP contribution is -2.18. The van der Waals surface area contributed by atoms with Crippen molar-refractivity contribution < 1.29 is 0 Å². The van der Waals surface area contributed by atoms with Crippen molar-refractivity contribution in [1.82, 2.24) is 5.32 Å². The van der Waals surface area contributed by atoms with Crippen LogP contribution in [0.2, 0.25) is 0 Å². The average molecular weight is 182 g/mol. The lowest BCUT2D eigenvalue weighted by atomic mass is 11.5. The van der Waals surface area contributed by atoms with Crippen molar-refractivity contribution >= 4 is 35.6 Å². The SMILES string of the molecule is Cl.Cl[13CH2][13CH2]N[13CH2][13CH2]Cl. The Hall–Kier alpha value is 0.830. The Morgan fingerprint density at radius 3 is 1.62 bits per heavy atom. The zero-order chi connectivity index (χ0) is 5.54. The van der Waals surface area contributed by atoms with E-state index in [2.05, 4.69) is 5.32 Å². The predicted molar refractivity (Wildman–Crippen MR) is 41.6 cm³/mol. The first-order valence-electron chi connectivity index (χ1n) is 2.24. The summed E-state index contributed by atoms with van der Waals surface area (Å²) in [4.78, 5) is 0. The molecule has 0 heterocycles. The molecule has 0 amide bonds. The summed E-state index contributed by atoms with van der Waals surface area (Å²) in [6.45, 7) is 1.71. The second kappa shape index (κ2) is 10.7. The van der Waals surface area contributed by atoms with Gasteiger partial charge >= 0.3 is 0 Å². The molecule has 0 spiro atoms. The highest BCUT2D eigenvalue weighted by Gasteiger charge is 1.78. The van der Waals surface area contributed by atoms with Crippen LogP contribution in [0.4, 0.5) is 0 Å². The van der Waals surface area contributed by atoms with Gasteiger partial charge in [0.2, 0.25) is 0 Å². The van der Waals surface area contributed by atoms with Gasteiger partial charge in [-0.15, -0.1) is 35.6 Å². The van der Waals surface area contributed by atoms with E-state index in [9.17, 15) is 0 Å². The van der Waals surface area contributed by atoms with Crippen molar-refractivity contribution in [2.75, 3.05) is 24.8 Å². The van der Waals surface area contributed by atoms with Gasteiger partial charge < -0.3 is 5.32 Å². The summed E-state index contributed by atoms with van der Waals surface area (Å²) >= 11 is 10.7. The lowest BCUT2D eigenvalue weighted by molar-refractivity contribution is 0.770. The fraction of sp³-hybridized carbons (Fsp3) is 1.00. The van der Waals surface area contributed by atoms with Gasteiger partial charge in [-0.05, 0) is 0 Å². The van der Waals surface area contributed by atoms with E-state index < -0.39 is 0 Å². The third-order valence-electron chi connectivity index (χ3n) is 0.543. The smallest absolute Gasteiger partial charge is 0.0348 e. The standard InChI is InChI=1S/C4H9Cl2N.ClH/c5-1-3-7-4-2-6;/h7H,1-4H2;1H/i1+1,2+1,3+1,4+1;. The third-order valence-corrected chi connectivity index (χ3v) is 0.921. The first-order chi connectivity index (χ1) is 3.41. The maximum atomic E-state index is 5.33. The molecule has 0 aromatic rings. The molecular formula is C4H10Cl3N. The van der Waals surface area contributed by atoms with E-state index in [0.717, 1.165) is 13.1 Å². The molecule has 0 aromatic carbocycles. The Labute approximate surface area is 66.1 Å². The zero-order valence-electron chi connectivity index (χ0n) is 4.49. The molecule has 52 valence electrons. The van der Waals surface area contributed by atoms with Gasteiger partial charge in [0.1, 0.15) is 0 Å². The molecule has 0 aliphatic carbocycles. The molecule has 1 N–H and O–H groups in total. The number of hydrogen-bond acceptors (Lipinski definition) is 1. The maximum Gasteiger partial charge on any atom is 0.0348 e. The molecule has 1 nitrogen and oxygen atoms in total. The molecule has 8 heavy (non-hydrogen) atoms. The molecule has 0 unspecified atom stereocenters. The molecule has 0 atom stereocenters. The minimum absolute atomic E-state index is 0. The summed E-state index contributed by atoms with van der Waals surface area (Å²) in [6.07, 6.45) is 0. The second-order valence-electron chi connectivity index (χ2n) is 1.13. The minimum Gasteiger partial charge on any atom is -0.314 e. The molecular weight excluding hydrogens is 172 g/mol. The summed E-state index contributed by atoms with van der Waals surface area (Å²) in [6, 6.07) is 0. The van der Waals surface area contributed by atoms with E-state index in [4.69, 9.17) is 23.2 Å². The summed E-state index contributed by atoms with van der Waals surface area (Å²) < 4.78 is 0. The molecule has 0 radical (unpaired) electrons. The van der Waals surface area contributed by atoms with Gasteiger partial charge in [-0.2, -0.15) is 0 Å². The van der Waals surface area contributed by atoms with E-state index in [1.807, 2.05) is 0 Å². The third kappa shape index (κ3) is 9.95. The number of rotatable bonds is 4. The summed E-state index contributed by atoms with van der Waals surface area (Å²) in [5.41, 5.74) is 0. The van der Waals surface area contributed by atoms with Gasteiger partial charge in [-0.25, -0.2) is 0 Å². The van der Waals surface area contributed by atoms with Gasteiger partial charge in [-0.3, -0.25) is 0 Å². The Morgan fingerprint density at radius 1 is 1.00 bits per heavy atom. The van der Waals surface area contributed by atoms with Gasteiger partial charge in [0.15, 0.2) is 0 Å². The van der Waals surface area contributed by atoms with E-state index in [1.54, 1.807) is 0 Å². The van der Waals surface area contributed by atoms with Gasteiger partial charge in [0.05, 0.1) is 0 Å². The number of halogens is 3. The molecule has 0 fully saturated rings. The van der Waals surface area contributed by atoms with Gasteiger partial charge in [-0.1, -0.05) is 0 Å². The van der Waals surface area contributed by atoms with Crippen molar-refractivity contribution in [3.05, 3.63) is 0 Å². The Kier molecular flexibility index (Phi) is 15.6. The highest BCUT2D eigenvalue weighted by molar-refractivity contribution is 6.18. The molecule has 0 saturated carbocycles. The fourth-order valence-electron chi connectivity index (χ4n) is 0.259. The van der Waals surface area contributed by atoms with Crippen LogP contribution in [0.5, 0.6) is 0 Å². The van der Waals surface area contributed by atoms with E-state index >= 15 is 0 Å². The van der Waals surface area contributed by atoms with E-state index in [0.29, 0.717) is 11.8 Å². The number of nitrogens with one attached hydrogen (secondary N) is 1. The average Bonchev–Trinajstić information content (AvgIpc) is 1.69. The lowest BCUT2D eigenvalue weighted by Gasteiger charge is -1.93. The van der Waals surface area contributed by atoms with Crippen LogP contribution in [0, 0.1) is 0 Å². The van der Waals surface area contributed by atoms with Crippen LogP contribution < -0.4 is 5.32 Å². The predicted octanol–water partition coefficient (Wildman–Crippen LogP) is 1.48. The number of alkyl halides is 2. The van der Waals surface area contributed by atoms with Crippen LogP contribution in [0.1, 0.15) is 0 Å². The minimum atomic E-state index is 0. The van der Waals surface area contributed by atoms with Crippen LogP contribution in [-0.2, 0) is 0 Å². The Morgan fingerprint density at radius 2 is 1.38 bits per heavy atom. The van der Waals surface area contributed by atoms with Crippen molar-refractivity contribution in [1.29, 1.82) is 0 Å². The summed E-state index contributed by atoms with van der Waals surface area (Å²) in [5.74, 6) is 1.33. The Balaban J connectivity index is 0. The largest absolute Gasteiger partial charge is 0.314 e. The second-order valence-corrected chi connectivity index (χ2v) is 1.88. The molecule has 0 bridgehead atoms. The van der Waals surface area contributed by atoms with Gasteiger partial charge in [0, 0.05) is 24.8 Å². The fourth-order valence-corrected chi connectivity index (χ4v) is 0.526. The summed E-state index contributed by atoms with van der Waals surface area (Å²) in [7, 11) is 0. The summed E-state index contributed by atoms with van der Waals surface area (Å²) in [5, 5.41) is 3.02. The quantitative estimate of drug-likeness (QED) is 0.394. The zero-order valence-corrected chi connectivity index (χ0v) is 6.82. The van der Waals surface area contributed by atoms with E-state index in [-0.39, 0.29) is 12.4 Å². The van der Waals surface area contributed by atoms with Crippen LogP contribution in [0.3, 0.4) is 0 Å². The first kappa shape index (κ1) is 11.6. The van der Waals surface area contributed by atoms with E-state index in [1.165, 1.54) is 0 Å². The number of hydrogen-bond donors (Lipinski definition) is 1. The maximum absolute atomic E-state index is 5.33. The van der Waals surface area contributed by atoms with Crippen LogP contribution in [0.15, 0.2) is 0 Å². The normalized spacial score (nSPS) is 8.25. The van der Waals surface area contributed by atoms with Crippen molar-refractivity contribution in [3.63, 3.8) is 0 Å². The molecule has 0 aliphatic rings. The van der Waals surface area contributed by atoms with Crippen LogP contribution in [0.25, 0.3) is 0 Å². The first-order valence-corrected chi connectivity index (χ1v) is 3.31. The topological polar surface area (TPSA) is 12.0 Å². The highest BCUT2D eigenvalue weighted by Crippen LogP contribution is 1.71. The molecule has 0 rings (SSSR count). The van der Waals surface area contributed by atoms with Gasteiger partial charge in [0.25, 0.3) is 0 Å². The van der Waals surface area contributed by atoms with Crippen molar-refractivity contribution in [2.45, 2.75) is 0 Å².